The molecule has 2 aromatic carbocycles. The van der Waals surface area contributed by atoms with Crippen molar-refractivity contribution < 1.29 is 13.6 Å². The van der Waals surface area contributed by atoms with Crippen LogP contribution in [0.15, 0.2) is 52.9 Å². The molecule has 0 radical (unpaired) electrons. The molecule has 0 saturated carbocycles. The number of carbonyl (C=O) groups excluding carboxylic acids is 1. The second-order valence-electron chi connectivity index (χ2n) is 5.59. The van der Waals surface area contributed by atoms with Gasteiger partial charge in [-0.05, 0) is 62.4 Å². The van der Waals surface area contributed by atoms with Gasteiger partial charge >= 0.3 is 11.8 Å². The molecule has 0 atom stereocenters. The fraction of sp³-hybridized carbons (Fsp3) is 0.211. The van der Waals surface area contributed by atoms with Gasteiger partial charge in [0.05, 0.1) is 0 Å². The standard InChI is InChI=1S/C19H19FN4O2/c1-3-24(4-2)16-11-9-15(10-12-16)21-17(25)19-23-22-18(26-19)13-5-7-14(20)8-6-13/h5-12H,3-4H2,1-2H3,(H,21,25). The number of rotatable bonds is 6. The maximum absolute atomic E-state index is 13.0. The third kappa shape index (κ3) is 3.88. The zero-order valence-electron chi connectivity index (χ0n) is 14.6. The number of hydrogen-bond donors (Lipinski definition) is 1. The number of aromatic nitrogens is 2. The second kappa shape index (κ2) is 7.77. The molecular weight excluding hydrogens is 335 g/mol. The van der Waals surface area contributed by atoms with Crippen LogP contribution < -0.4 is 10.2 Å². The van der Waals surface area contributed by atoms with Crippen molar-refractivity contribution in [2.75, 3.05) is 23.3 Å². The number of anilines is 2. The molecular formula is C19H19FN4O2. The number of halogens is 1. The quantitative estimate of drug-likeness (QED) is 0.725. The molecule has 3 rings (SSSR count). The molecule has 1 amide bonds. The molecule has 7 heteroatoms. The van der Waals surface area contributed by atoms with E-state index >= 15 is 0 Å². The summed E-state index contributed by atoms with van der Waals surface area (Å²) in [5.74, 6) is -0.856. The molecule has 0 bridgehead atoms. The zero-order valence-corrected chi connectivity index (χ0v) is 14.6. The number of nitrogens with zero attached hydrogens (tertiary/aromatic N) is 3. The topological polar surface area (TPSA) is 71.3 Å². The molecule has 0 spiro atoms. The maximum Gasteiger partial charge on any atom is 0.313 e. The van der Waals surface area contributed by atoms with Crippen LogP contribution in [0.3, 0.4) is 0 Å². The lowest BCUT2D eigenvalue weighted by Crippen LogP contribution is -2.21. The lowest BCUT2D eigenvalue weighted by Gasteiger charge is -2.21. The van der Waals surface area contributed by atoms with Crippen LogP contribution in [0.2, 0.25) is 0 Å². The lowest BCUT2D eigenvalue weighted by atomic mass is 10.2. The van der Waals surface area contributed by atoms with Crippen LogP contribution in [0.5, 0.6) is 0 Å². The van der Waals surface area contributed by atoms with Crippen LogP contribution in [-0.4, -0.2) is 29.2 Å². The lowest BCUT2D eigenvalue weighted by molar-refractivity contribution is 0.0991. The summed E-state index contributed by atoms with van der Waals surface area (Å²) in [6.45, 7) is 6.01. The maximum atomic E-state index is 13.0. The number of hydrogen-bond acceptors (Lipinski definition) is 5. The molecule has 26 heavy (non-hydrogen) atoms. The number of amides is 1. The van der Waals surface area contributed by atoms with Crippen molar-refractivity contribution in [1.29, 1.82) is 0 Å². The van der Waals surface area contributed by atoms with Crippen LogP contribution in [-0.2, 0) is 0 Å². The molecule has 134 valence electrons. The van der Waals surface area contributed by atoms with Crippen molar-refractivity contribution >= 4 is 17.3 Å². The molecule has 6 nitrogen and oxygen atoms in total. The first kappa shape index (κ1) is 17.6. The largest absolute Gasteiger partial charge is 0.412 e. The van der Waals surface area contributed by atoms with Crippen molar-refractivity contribution in [1.82, 2.24) is 10.2 Å². The van der Waals surface area contributed by atoms with Crippen LogP contribution in [0, 0.1) is 5.82 Å². The smallest absolute Gasteiger partial charge is 0.313 e. The average Bonchev–Trinajstić information content (AvgIpc) is 3.15. The van der Waals surface area contributed by atoms with E-state index in [0.29, 0.717) is 11.3 Å². The minimum Gasteiger partial charge on any atom is -0.412 e. The summed E-state index contributed by atoms with van der Waals surface area (Å²) in [6.07, 6.45) is 0. The van der Waals surface area contributed by atoms with Crippen molar-refractivity contribution in [3.05, 3.63) is 60.2 Å². The van der Waals surface area contributed by atoms with Crippen molar-refractivity contribution in [2.24, 2.45) is 0 Å². The third-order valence-electron chi connectivity index (χ3n) is 3.96. The highest BCUT2D eigenvalue weighted by Gasteiger charge is 2.16. The first-order chi connectivity index (χ1) is 12.6. The summed E-state index contributed by atoms with van der Waals surface area (Å²) in [6, 6.07) is 13.1. The van der Waals surface area contributed by atoms with E-state index in [4.69, 9.17) is 4.42 Å². The Morgan fingerprint density at radius 3 is 2.31 bits per heavy atom. The van der Waals surface area contributed by atoms with Gasteiger partial charge in [-0.15, -0.1) is 10.2 Å². The molecule has 0 aliphatic carbocycles. The molecule has 0 saturated heterocycles. The summed E-state index contributed by atoms with van der Waals surface area (Å²) in [5.41, 5.74) is 2.26. The summed E-state index contributed by atoms with van der Waals surface area (Å²) in [7, 11) is 0. The average molecular weight is 354 g/mol. The number of nitrogens with one attached hydrogen (secondary N) is 1. The molecule has 0 aliphatic rings. The molecule has 0 unspecified atom stereocenters. The highest BCUT2D eigenvalue weighted by Crippen LogP contribution is 2.20. The Balaban J connectivity index is 1.69. The van der Waals surface area contributed by atoms with E-state index < -0.39 is 5.91 Å². The first-order valence-corrected chi connectivity index (χ1v) is 8.36. The Morgan fingerprint density at radius 2 is 1.69 bits per heavy atom. The van der Waals surface area contributed by atoms with Crippen molar-refractivity contribution in [2.45, 2.75) is 13.8 Å². The van der Waals surface area contributed by atoms with E-state index in [-0.39, 0.29) is 17.6 Å². The van der Waals surface area contributed by atoms with Crippen LogP contribution in [0.25, 0.3) is 11.5 Å². The van der Waals surface area contributed by atoms with E-state index in [9.17, 15) is 9.18 Å². The second-order valence-corrected chi connectivity index (χ2v) is 5.59. The van der Waals surface area contributed by atoms with Crippen molar-refractivity contribution in [3.63, 3.8) is 0 Å². The Morgan fingerprint density at radius 1 is 1.04 bits per heavy atom. The first-order valence-electron chi connectivity index (χ1n) is 8.36. The SMILES string of the molecule is CCN(CC)c1ccc(NC(=O)c2nnc(-c3ccc(F)cc3)o2)cc1. The van der Waals surface area contributed by atoms with Gasteiger partial charge in [0.1, 0.15) is 5.82 Å². The summed E-state index contributed by atoms with van der Waals surface area (Å²) < 4.78 is 18.3. The fourth-order valence-electron chi connectivity index (χ4n) is 2.55. The van der Waals surface area contributed by atoms with E-state index in [1.54, 1.807) is 0 Å². The summed E-state index contributed by atoms with van der Waals surface area (Å²) in [5, 5.41) is 10.3. The molecule has 0 fully saturated rings. The predicted octanol–water partition coefficient (Wildman–Crippen LogP) is 3.97. The minimum absolute atomic E-state index is 0.155. The third-order valence-corrected chi connectivity index (χ3v) is 3.96. The Labute approximate surface area is 150 Å². The van der Waals surface area contributed by atoms with Gasteiger partial charge in [0, 0.05) is 30.0 Å². The van der Waals surface area contributed by atoms with Crippen LogP contribution >= 0.6 is 0 Å². The fourth-order valence-corrected chi connectivity index (χ4v) is 2.55. The Bertz CT molecular complexity index is 871. The van der Waals surface area contributed by atoms with E-state index in [1.165, 1.54) is 24.3 Å². The van der Waals surface area contributed by atoms with E-state index in [0.717, 1.165) is 18.8 Å². The van der Waals surface area contributed by atoms with Gasteiger partial charge in [0.2, 0.25) is 5.89 Å². The molecule has 1 N–H and O–H groups in total. The number of benzene rings is 2. The van der Waals surface area contributed by atoms with Gasteiger partial charge in [-0.3, -0.25) is 4.79 Å². The minimum atomic E-state index is -0.499. The zero-order chi connectivity index (χ0) is 18.5. The predicted molar refractivity (Wildman–Crippen MR) is 97.6 cm³/mol. The molecule has 0 aliphatic heterocycles. The molecule has 1 heterocycles. The Hall–Kier alpha value is -3.22. The van der Waals surface area contributed by atoms with Crippen LogP contribution in [0.4, 0.5) is 15.8 Å². The Kier molecular flexibility index (Phi) is 5.26. The van der Waals surface area contributed by atoms with Gasteiger partial charge in [-0.2, -0.15) is 0 Å². The molecule has 1 aromatic heterocycles. The normalized spacial score (nSPS) is 10.6. The van der Waals surface area contributed by atoms with Crippen molar-refractivity contribution in [3.8, 4) is 11.5 Å². The van der Waals surface area contributed by atoms with Gasteiger partial charge in [-0.1, -0.05) is 0 Å². The van der Waals surface area contributed by atoms with E-state index in [1.807, 2.05) is 24.3 Å². The van der Waals surface area contributed by atoms with Crippen LogP contribution in [0.1, 0.15) is 24.5 Å². The summed E-state index contributed by atoms with van der Waals surface area (Å²) >= 11 is 0. The van der Waals surface area contributed by atoms with Gasteiger partial charge < -0.3 is 14.6 Å². The highest BCUT2D eigenvalue weighted by atomic mass is 19.1. The number of carbonyl (C=O) groups is 1. The molecule has 3 aromatic rings. The summed E-state index contributed by atoms with van der Waals surface area (Å²) in [4.78, 5) is 14.5. The van der Waals surface area contributed by atoms with E-state index in [2.05, 4.69) is 34.3 Å². The van der Waals surface area contributed by atoms with Gasteiger partial charge in [0.15, 0.2) is 0 Å². The highest BCUT2D eigenvalue weighted by molar-refractivity contribution is 6.01. The van der Waals surface area contributed by atoms with Gasteiger partial charge in [-0.25, -0.2) is 4.39 Å². The monoisotopic (exact) mass is 354 g/mol. The van der Waals surface area contributed by atoms with Gasteiger partial charge in [0.25, 0.3) is 0 Å².